The molecule has 0 nitrogen and oxygen atoms in total. The van der Waals surface area contributed by atoms with E-state index >= 15 is 0 Å². The molecule has 0 aliphatic heterocycles. The Morgan fingerprint density at radius 2 is 0.776 bits per heavy atom. The third-order valence-electron chi connectivity index (χ3n) is 10.5. The number of hydrogen-bond acceptors (Lipinski definition) is 0. The van der Waals surface area contributed by atoms with Gasteiger partial charge in [0.15, 0.2) is 0 Å². The van der Waals surface area contributed by atoms with Crippen molar-refractivity contribution in [3.8, 4) is 44.5 Å². The summed E-state index contributed by atoms with van der Waals surface area (Å²) in [6.45, 7) is 4.72. The van der Waals surface area contributed by atoms with Crippen LogP contribution in [0.3, 0.4) is 0 Å². The fourth-order valence-corrected chi connectivity index (χ4v) is 7.98. The molecule has 0 heterocycles. The minimum absolute atomic E-state index is 0.0463. The molecule has 0 unspecified atom stereocenters. The van der Waals surface area contributed by atoms with Crippen LogP contribution in [0, 0.1) is 0 Å². The summed E-state index contributed by atoms with van der Waals surface area (Å²) < 4.78 is 0. The van der Waals surface area contributed by atoms with Gasteiger partial charge in [0.25, 0.3) is 0 Å². The van der Waals surface area contributed by atoms with Crippen molar-refractivity contribution >= 4 is 33.7 Å². The van der Waals surface area contributed by atoms with E-state index in [1.165, 1.54) is 88.3 Å². The summed E-state index contributed by atoms with van der Waals surface area (Å²) in [7, 11) is 0. The molecule has 0 aromatic heterocycles. The van der Waals surface area contributed by atoms with Crippen molar-refractivity contribution in [2.75, 3.05) is 0 Å². The number of fused-ring (bicyclic) bond motifs is 5. The zero-order valence-corrected chi connectivity index (χ0v) is 27.8. The van der Waals surface area contributed by atoms with Gasteiger partial charge in [-0.15, -0.1) is 0 Å². The van der Waals surface area contributed by atoms with Gasteiger partial charge in [-0.1, -0.05) is 190 Å². The molecule has 0 bridgehead atoms. The highest BCUT2D eigenvalue weighted by Crippen LogP contribution is 2.51. The third-order valence-corrected chi connectivity index (χ3v) is 10.5. The SMILES string of the molecule is CC1(C)c2ccccc2-c2ccc(-c3c4ccccc4c(-c4ccc(/C=C/c5ccc(-c6ccccc6)cc5)cc4)c4ccccc34)cc21. The quantitative estimate of drug-likeness (QED) is 0.132. The van der Waals surface area contributed by atoms with Crippen molar-refractivity contribution in [2.24, 2.45) is 0 Å². The fraction of sp³-hybridized carbons (Fsp3) is 0.0612. The molecule has 0 N–H and O–H groups in total. The molecule has 0 saturated heterocycles. The Hall–Kier alpha value is -5.98. The van der Waals surface area contributed by atoms with Crippen LogP contribution in [0.25, 0.3) is 78.2 Å². The van der Waals surface area contributed by atoms with Gasteiger partial charge in [0.2, 0.25) is 0 Å². The molecule has 0 heteroatoms. The van der Waals surface area contributed by atoms with E-state index in [1.54, 1.807) is 0 Å². The molecule has 9 rings (SSSR count). The molecule has 0 spiro atoms. The number of rotatable bonds is 5. The van der Waals surface area contributed by atoms with E-state index in [2.05, 4.69) is 196 Å². The molecule has 232 valence electrons. The monoisotopic (exact) mass is 624 g/mol. The second kappa shape index (κ2) is 11.6. The van der Waals surface area contributed by atoms with Crippen LogP contribution in [0.1, 0.15) is 36.1 Å². The average Bonchev–Trinajstić information content (AvgIpc) is 3.39. The summed E-state index contributed by atoms with van der Waals surface area (Å²) in [5.41, 5.74) is 15.4. The lowest BCUT2D eigenvalue weighted by Crippen LogP contribution is -2.14. The smallest absolute Gasteiger partial charge is 0.0159 e. The molecule has 1 aliphatic carbocycles. The Kier molecular flexibility index (Phi) is 6.92. The van der Waals surface area contributed by atoms with Gasteiger partial charge >= 0.3 is 0 Å². The summed E-state index contributed by atoms with van der Waals surface area (Å²) in [5.74, 6) is 0. The second-order valence-corrected chi connectivity index (χ2v) is 13.7. The Labute approximate surface area is 288 Å². The first-order chi connectivity index (χ1) is 24.1. The van der Waals surface area contributed by atoms with E-state index in [4.69, 9.17) is 0 Å². The van der Waals surface area contributed by atoms with Crippen molar-refractivity contribution in [2.45, 2.75) is 19.3 Å². The van der Waals surface area contributed by atoms with Crippen LogP contribution < -0.4 is 0 Å². The van der Waals surface area contributed by atoms with Crippen LogP contribution >= 0.6 is 0 Å². The molecule has 8 aromatic carbocycles. The molecule has 0 saturated carbocycles. The molecule has 0 amide bonds. The van der Waals surface area contributed by atoms with Gasteiger partial charge < -0.3 is 0 Å². The number of benzene rings is 8. The summed E-state index contributed by atoms with van der Waals surface area (Å²) in [6.07, 6.45) is 4.40. The zero-order chi connectivity index (χ0) is 33.0. The van der Waals surface area contributed by atoms with Crippen molar-refractivity contribution in [1.29, 1.82) is 0 Å². The van der Waals surface area contributed by atoms with Gasteiger partial charge in [-0.25, -0.2) is 0 Å². The van der Waals surface area contributed by atoms with Crippen LogP contribution in [0.15, 0.2) is 170 Å². The largest absolute Gasteiger partial charge is 0.0622 e. The van der Waals surface area contributed by atoms with Crippen molar-refractivity contribution < 1.29 is 0 Å². The van der Waals surface area contributed by atoms with Crippen LogP contribution in [-0.4, -0.2) is 0 Å². The maximum absolute atomic E-state index is 2.46. The highest BCUT2D eigenvalue weighted by atomic mass is 14.4. The number of hydrogen-bond donors (Lipinski definition) is 0. The van der Waals surface area contributed by atoms with Gasteiger partial charge in [-0.3, -0.25) is 0 Å². The highest BCUT2D eigenvalue weighted by Gasteiger charge is 2.35. The topological polar surface area (TPSA) is 0 Å². The maximum atomic E-state index is 2.46. The molecule has 49 heavy (non-hydrogen) atoms. The zero-order valence-electron chi connectivity index (χ0n) is 27.8. The Morgan fingerprint density at radius 1 is 0.347 bits per heavy atom. The van der Waals surface area contributed by atoms with E-state index in [1.807, 2.05) is 0 Å². The molecule has 0 fully saturated rings. The summed E-state index contributed by atoms with van der Waals surface area (Å²) in [5, 5.41) is 5.13. The van der Waals surface area contributed by atoms with Crippen molar-refractivity contribution in [1.82, 2.24) is 0 Å². The molecular formula is C49H36. The third kappa shape index (κ3) is 4.91. The van der Waals surface area contributed by atoms with Gasteiger partial charge in [-0.05, 0) is 94.4 Å². The minimum Gasteiger partial charge on any atom is -0.0622 e. The lowest BCUT2D eigenvalue weighted by Gasteiger charge is -2.23. The molecule has 1 aliphatic rings. The Balaban J connectivity index is 1.11. The Morgan fingerprint density at radius 3 is 1.37 bits per heavy atom. The van der Waals surface area contributed by atoms with Crippen molar-refractivity contribution in [3.63, 3.8) is 0 Å². The van der Waals surface area contributed by atoms with E-state index in [0.717, 1.165) is 0 Å². The van der Waals surface area contributed by atoms with E-state index in [9.17, 15) is 0 Å². The molecule has 8 aromatic rings. The summed E-state index contributed by atoms with van der Waals surface area (Å²) in [4.78, 5) is 0. The first kappa shape index (κ1) is 29.2. The minimum atomic E-state index is -0.0463. The summed E-state index contributed by atoms with van der Waals surface area (Å²) >= 11 is 0. The van der Waals surface area contributed by atoms with Crippen LogP contribution in [0.5, 0.6) is 0 Å². The second-order valence-electron chi connectivity index (χ2n) is 13.7. The van der Waals surface area contributed by atoms with Crippen LogP contribution in [0.4, 0.5) is 0 Å². The van der Waals surface area contributed by atoms with E-state index < -0.39 is 0 Å². The van der Waals surface area contributed by atoms with Crippen LogP contribution in [-0.2, 0) is 5.41 Å². The highest BCUT2D eigenvalue weighted by molar-refractivity contribution is 6.21. The first-order valence-electron chi connectivity index (χ1n) is 17.2. The van der Waals surface area contributed by atoms with Gasteiger partial charge in [0.1, 0.15) is 0 Å². The first-order valence-corrected chi connectivity index (χ1v) is 17.2. The molecule has 0 atom stereocenters. The standard InChI is InChI=1S/C49H36/c1-49(2)45-19-11-10-14-39(45)40-31-30-38(32-46(40)49)48-43-17-8-6-15-41(43)47(42-16-7-9-18-44(42)48)37-28-24-34(25-29-37)21-20-33-22-26-36(27-23-33)35-12-4-3-5-13-35/h3-32H,1-2H3/b21-20+. The van der Waals surface area contributed by atoms with Gasteiger partial charge in [0.05, 0.1) is 0 Å². The predicted octanol–water partition coefficient (Wildman–Crippen LogP) is 13.5. The molecule has 0 radical (unpaired) electrons. The van der Waals surface area contributed by atoms with Crippen molar-refractivity contribution in [3.05, 3.63) is 192 Å². The predicted molar refractivity (Wildman–Crippen MR) is 211 cm³/mol. The fourth-order valence-electron chi connectivity index (χ4n) is 7.98. The van der Waals surface area contributed by atoms with Gasteiger partial charge in [-0.2, -0.15) is 0 Å². The lowest BCUT2D eigenvalue weighted by molar-refractivity contribution is 0.660. The average molecular weight is 625 g/mol. The lowest BCUT2D eigenvalue weighted by atomic mass is 9.80. The molecular weight excluding hydrogens is 589 g/mol. The normalized spacial score (nSPS) is 13.2. The van der Waals surface area contributed by atoms with Gasteiger partial charge in [0, 0.05) is 5.41 Å². The van der Waals surface area contributed by atoms with E-state index in [-0.39, 0.29) is 5.41 Å². The Bertz CT molecular complexity index is 2470. The van der Waals surface area contributed by atoms with E-state index in [0.29, 0.717) is 0 Å². The summed E-state index contributed by atoms with van der Waals surface area (Å²) in [6, 6.07) is 62.2. The maximum Gasteiger partial charge on any atom is 0.0159 e. The van der Waals surface area contributed by atoms with Crippen LogP contribution in [0.2, 0.25) is 0 Å².